The van der Waals surface area contributed by atoms with Gasteiger partial charge in [0.1, 0.15) is 0 Å². The molecule has 1 aromatic heterocycles. The second kappa shape index (κ2) is 7.75. The van der Waals surface area contributed by atoms with Gasteiger partial charge in [-0.05, 0) is 31.4 Å². The Morgan fingerprint density at radius 3 is 2.38 bits per heavy atom. The Morgan fingerprint density at radius 2 is 1.90 bits per heavy atom. The fraction of sp³-hybridized carbons (Fsp3) is 0.667. The predicted octanol–water partition coefficient (Wildman–Crippen LogP) is 3.30. The van der Waals surface area contributed by atoms with Gasteiger partial charge in [0.05, 0.1) is 23.1 Å². The Morgan fingerprint density at radius 1 is 1.29 bits per heavy atom. The number of aliphatic hydroxyl groups is 1. The van der Waals surface area contributed by atoms with Crippen LogP contribution in [0.4, 0.5) is 13.2 Å². The summed E-state index contributed by atoms with van der Waals surface area (Å²) in [5.41, 5.74) is 0.0319. The van der Waals surface area contributed by atoms with E-state index in [4.69, 9.17) is 5.11 Å². The molecule has 0 unspecified atom stereocenters. The molecule has 3 nitrogen and oxygen atoms in total. The first-order valence-corrected chi connectivity index (χ1v) is 7.37. The lowest BCUT2D eigenvalue weighted by molar-refractivity contribution is -0.138. The normalized spacial score (nSPS) is 21.3. The standard InChI is InChI=1S/C13H17F3N2O.C2H6/c1-2-12-11(13(14,15)16)4-3-8(18-12)7-17-9-5-10(19)6-9;1-2/h3-4,9-10,17,19H,2,5-7H2,1H3;1-2H3. The van der Waals surface area contributed by atoms with Crippen LogP contribution in [0, 0.1) is 0 Å². The van der Waals surface area contributed by atoms with Crippen molar-refractivity contribution in [2.45, 2.75) is 64.9 Å². The Bertz CT molecular complexity index is 443. The van der Waals surface area contributed by atoms with Gasteiger partial charge in [0.25, 0.3) is 0 Å². The van der Waals surface area contributed by atoms with Gasteiger partial charge in [-0.3, -0.25) is 4.98 Å². The summed E-state index contributed by atoms with van der Waals surface area (Å²) in [4.78, 5) is 4.06. The van der Waals surface area contributed by atoms with E-state index in [1.807, 2.05) is 13.8 Å². The molecular formula is C15H23F3N2O. The Kier molecular flexibility index (Phi) is 6.61. The number of pyridine rings is 1. The number of hydrogen-bond donors (Lipinski definition) is 2. The molecule has 2 rings (SSSR count). The molecule has 0 amide bonds. The zero-order chi connectivity index (χ0) is 16.0. The third kappa shape index (κ3) is 4.97. The number of nitrogens with zero attached hydrogens (tertiary/aromatic N) is 1. The number of nitrogens with one attached hydrogen (secondary N) is 1. The van der Waals surface area contributed by atoms with E-state index in [1.54, 1.807) is 6.92 Å². The lowest BCUT2D eigenvalue weighted by Gasteiger charge is -2.32. The fourth-order valence-corrected chi connectivity index (χ4v) is 2.18. The van der Waals surface area contributed by atoms with Crippen molar-refractivity contribution in [3.8, 4) is 0 Å². The van der Waals surface area contributed by atoms with Gasteiger partial charge in [-0.2, -0.15) is 13.2 Å². The highest BCUT2D eigenvalue weighted by Crippen LogP contribution is 2.31. The van der Waals surface area contributed by atoms with Gasteiger partial charge in [-0.25, -0.2) is 0 Å². The summed E-state index contributed by atoms with van der Waals surface area (Å²) < 4.78 is 38.1. The van der Waals surface area contributed by atoms with Gasteiger partial charge in [0, 0.05) is 12.6 Å². The molecule has 0 radical (unpaired) electrons. The summed E-state index contributed by atoms with van der Waals surface area (Å²) in [5.74, 6) is 0. The minimum absolute atomic E-state index is 0.0837. The first-order chi connectivity index (χ1) is 9.90. The van der Waals surface area contributed by atoms with Crippen molar-refractivity contribution in [1.29, 1.82) is 0 Å². The maximum absolute atomic E-state index is 12.7. The molecule has 1 aliphatic carbocycles. The highest BCUT2D eigenvalue weighted by atomic mass is 19.4. The first-order valence-electron chi connectivity index (χ1n) is 7.37. The van der Waals surface area contributed by atoms with Crippen molar-refractivity contribution in [3.63, 3.8) is 0 Å². The van der Waals surface area contributed by atoms with Crippen molar-refractivity contribution in [3.05, 3.63) is 29.1 Å². The molecule has 2 N–H and O–H groups in total. The van der Waals surface area contributed by atoms with E-state index in [0.29, 0.717) is 25.1 Å². The maximum Gasteiger partial charge on any atom is 0.418 e. The highest BCUT2D eigenvalue weighted by molar-refractivity contribution is 5.26. The molecular weight excluding hydrogens is 281 g/mol. The van der Waals surface area contributed by atoms with E-state index in [0.717, 1.165) is 6.07 Å². The molecule has 1 aliphatic rings. The van der Waals surface area contributed by atoms with Crippen LogP contribution in [0.3, 0.4) is 0 Å². The minimum atomic E-state index is -4.34. The SMILES string of the molecule is CC.CCc1nc(CNC2CC(O)C2)ccc1C(F)(F)F. The van der Waals surface area contributed by atoms with Crippen molar-refractivity contribution >= 4 is 0 Å². The topological polar surface area (TPSA) is 45.2 Å². The molecule has 1 heterocycles. The van der Waals surface area contributed by atoms with E-state index in [-0.39, 0.29) is 24.3 Å². The van der Waals surface area contributed by atoms with Crippen LogP contribution < -0.4 is 5.32 Å². The lowest BCUT2D eigenvalue weighted by atomic mass is 9.89. The number of hydrogen-bond acceptors (Lipinski definition) is 3. The quantitative estimate of drug-likeness (QED) is 0.897. The van der Waals surface area contributed by atoms with E-state index in [2.05, 4.69) is 10.3 Å². The van der Waals surface area contributed by atoms with Gasteiger partial charge < -0.3 is 10.4 Å². The molecule has 0 aromatic carbocycles. The van der Waals surface area contributed by atoms with Crippen LogP contribution in [-0.4, -0.2) is 22.2 Å². The van der Waals surface area contributed by atoms with Crippen molar-refractivity contribution in [1.82, 2.24) is 10.3 Å². The van der Waals surface area contributed by atoms with Crippen molar-refractivity contribution in [2.24, 2.45) is 0 Å². The van der Waals surface area contributed by atoms with Gasteiger partial charge in [0.15, 0.2) is 0 Å². The highest BCUT2D eigenvalue weighted by Gasteiger charge is 2.33. The van der Waals surface area contributed by atoms with Crippen LogP contribution in [0.25, 0.3) is 0 Å². The van der Waals surface area contributed by atoms with Crippen LogP contribution in [0.5, 0.6) is 0 Å². The van der Waals surface area contributed by atoms with Crippen LogP contribution in [-0.2, 0) is 19.1 Å². The third-order valence-corrected chi connectivity index (χ3v) is 3.36. The Hall–Kier alpha value is -1.14. The molecule has 1 aromatic rings. The summed E-state index contributed by atoms with van der Waals surface area (Å²) >= 11 is 0. The van der Waals surface area contributed by atoms with E-state index >= 15 is 0 Å². The van der Waals surface area contributed by atoms with Crippen molar-refractivity contribution < 1.29 is 18.3 Å². The average Bonchev–Trinajstić information content (AvgIpc) is 2.43. The van der Waals surface area contributed by atoms with Gasteiger partial charge in [0.2, 0.25) is 0 Å². The van der Waals surface area contributed by atoms with Crippen LogP contribution in [0.2, 0.25) is 0 Å². The predicted molar refractivity (Wildman–Crippen MR) is 75.8 cm³/mol. The smallest absolute Gasteiger partial charge is 0.393 e. The molecule has 1 fully saturated rings. The monoisotopic (exact) mass is 304 g/mol. The molecule has 0 atom stereocenters. The second-order valence-electron chi connectivity index (χ2n) is 4.85. The Balaban J connectivity index is 0.00000106. The molecule has 0 aliphatic heterocycles. The van der Waals surface area contributed by atoms with Gasteiger partial charge in [-0.1, -0.05) is 20.8 Å². The van der Waals surface area contributed by atoms with Gasteiger partial charge in [-0.15, -0.1) is 0 Å². The summed E-state index contributed by atoms with van der Waals surface area (Å²) in [6.45, 7) is 6.10. The molecule has 0 spiro atoms. The van der Waals surface area contributed by atoms with E-state index in [1.165, 1.54) is 6.07 Å². The van der Waals surface area contributed by atoms with Crippen LogP contribution >= 0.6 is 0 Å². The summed E-state index contributed by atoms with van der Waals surface area (Å²) in [6, 6.07) is 2.74. The van der Waals surface area contributed by atoms with Crippen molar-refractivity contribution in [2.75, 3.05) is 0 Å². The molecule has 0 saturated heterocycles. The first kappa shape index (κ1) is 17.9. The fourth-order valence-electron chi connectivity index (χ4n) is 2.18. The number of aromatic nitrogens is 1. The molecule has 21 heavy (non-hydrogen) atoms. The number of aliphatic hydroxyl groups excluding tert-OH is 1. The second-order valence-corrected chi connectivity index (χ2v) is 4.85. The third-order valence-electron chi connectivity index (χ3n) is 3.36. The van der Waals surface area contributed by atoms with Crippen LogP contribution in [0.15, 0.2) is 12.1 Å². The minimum Gasteiger partial charge on any atom is -0.393 e. The average molecular weight is 304 g/mol. The van der Waals surface area contributed by atoms with E-state index in [9.17, 15) is 13.2 Å². The number of aryl methyl sites for hydroxylation is 1. The largest absolute Gasteiger partial charge is 0.418 e. The van der Waals surface area contributed by atoms with Crippen LogP contribution in [0.1, 0.15) is 50.6 Å². The summed E-state index contributed by atoms with van der Waals surface area (Å²) in [5, 5.41) is 12.3. The summed E-state index contributed by atoms with van der Waals surface area (Å²) in [7, 11) is 0. The summed E-state index contributed by atoms with van der Waals surface area (Å²) in [6.07, 6.45) is -2.94. The van der Waals surface area contributed by atoms with Gasteiger partial charge >= 0.3 is 6.18 Å². The number of halogens is 3. The number of rotatable bonds is 4. The molecule has 0 bridgehead atoms. The van der Waals surface area contributed by atoms with E-state index < -0.39 is 11.7 Å². The molecule has 1 saturated carbocycles. The Labute approximate surface area is 123 Å². The maximum atomic E-state index is 12.7. The molecule has 120 valence electrons. The lowest BCUT2D eigenvalue weighted by Crippen LogP contribution is -2.43. The number of alkyl halides is 3. The zero-order valence-corrected chi connectivity index (χ0v) is 12.7. The molecule has 6 heteroatoms. The zero-order valence-electron chi connectivity index (χ0n) is 12.7.